The van der Waals surface area contributed by atoms with Crippen molar-refractivity contribution in [2.45, 2.75) is 64.0 Å². The SMILES string of the molecule is CC(C)N1CC[C@@H](c2ccc(-c3cc4c(N5CCN(C(=O)C6CCC(O)CC6)CC5)ccnn4c3)cc2)C1. The van der Waals surface area contributed by atoms with Crippen LogP contribution in [0.4, 0.5) is 5.69 Å². The molecule has 1 aromatic carbocycles. The van der Waals surface area contributed by atoms with Crippen molar-refractivity contribution < 1.29 is 9.90 Å². The lowest BCUT2D eigenvalue weighted by molar-refractivity contribution is -0.137. The van der Waals surface area contributed by atoms with Crippen molar-refractivity contribution in [2.75, 3.05) is 44.2 Å². The number of piperazine rings is 1. The van der Waals surface area contributed by atoms with Gasteiger partial charge in [0.2, 0.25) is 5.91 Å². The molecule has 7 heteroatoms. The summed E-state index contributed by atoms with van der Waals surface area (Å²) in [5.74, 6) is 0.988. The summed E-state index contributed by atoms with van der Waals surface area (Å²) < 4.78 is 1.99. The van der Waals surface area contributed by atoms with E-state index in [1.165, 1.54) is 35.3 Å². The van der Waals surface area contributed by atoms with Crippen LogP contribution < -0.4 is 4.90 Å². The lowest BCUT2D eigenvalue weighted by Gasteiger charge is -2.38. The minimum absolute atomic E-state index is 0.0833. The summed E-state index contributed by atoms with van der Waals surface area (Å²) in [6, 6.07) is 14.1. The van der Waals surface area contributed by atoms with E-state index in [2.05, 4.69) is 71.3 Å². The van der Waals surface area contributed by atoms with E-state index in [0.717, 1.165) is 63.9 Å². The maximum atomic E-state index is 13.0. The van der Waals surface area contributed by atoms with Crippen LogP contribution >= 0.6 is 0 Å². The third-order valence-electron chi connectivity index (χ3n) is 9.13. The van der Waals surface area contributed by atoms with E-state index < -0.39 is 0 Å². The van der Waals surface area contributed by atoms with Gasteiger partial charge in [-0.25, -0.2) is 4.52 Å². The average Bonchev–Trinajstić information content (AvgIpc) is 3.61. The van der Waals surface area contributed by atoms with E-state index in [0.29, 0.717) is 12.0 Å². The van der Waals surface area contributed by atoms with E-state index in [-0.39, 0.29) is 17.9 Å². The van der Waals surface area contributed by atoms with Crippen molar-refractivity contribution in [2.24, 2.45) is 5.92 Å². The van der Waals surface area contributed by atoms with E-state index in [9.17, 15) is 9.90 Å². The van der Waals surface area contributed by atoms with Gasteiger partial charge in [-0.2, -0.15) is 5.10 Å². The smallest absolute Gasteiger partial charge is 0.225 e. The molecule has 2 aliphatic heterocycles. The zero-order chi connectivity index (χ0) is 26.2. The van der Waals surface area contributed by atoms with Gasteiger partial charge in [-0.3, -0.25) is 4.79 Å². The minimum Gasteiger partial charge on any atom is -0.393 e. The lowest BCUT2D eigenvalue weighted by atomic mass is 9.86. The number of likely N-dealkylation sites (tertiary alicyclic amines) is 1. The summed E-state index contributed by atoms with van der Waals surface area (Å²) in [4.78, 5) is 20.0. The number of nitrogens with zero attached hydrogens (tertiary/aromatic N) is 5. The van der Waals surface area contributed by atoms with Gasteiger partial charge in [-0.05, 0) is 81.7 Å². The van der Waals surface area contributed by atoms with Crippen molar-refractivity contribution in [3.63, 3.8) is 0 Å². The van der Waals surface area contributed by atoms with Crippen LogP contribution in [-0.2, 0) is 4.79 Å². The number of aromatic nitrogens is 2. The number of hydrogen-bond donors (Lipinski definition) is 1. The number of aliphatic hydroxyl groups is 1. The Labute approximate surface area is 226 Å². The van der Waals surface area contributed by atoms with Crippen molar-refractivity contribution >= 4 is 17.1 Å². The fourth-order valence-electron chi connectivity index (χ4n) is 6.65. The third-order valence-corrected chi connectivity index (χ3v) is 9.13. The minimum atomic E-state index is -0.224. The second kappa shape index (κ2) is 10.7. The predicted octanol–water partition coefficient (Wildman–Crippen LogP) is 4.40. The molecule has 4 heterocycles. The molecule has 2 saturated heterocycles. The monoisotopic (exact) mass is 515 g/mol. The molecule has 0 bridgehead atoms. The van der Waals surface area contributed by atoms with E-state index in [1.54, 1.807) is 0 Å². The first-order valence-electron chi connectivity index (χ1n) is 14.5. The van der Waals surface area contributed by atoms with E-state index >= 15 is 0 Å². The van der Waals surface area contributed by atoms with Gasteiger partial charge < -0.3 is 19.8 Å². The van der Waals surface area contributed by atoms with Gasteiger partial charge in [0.25, 0.3) is 0 Å². The highest BCUT2D eigenvalue weighted by atomic mass is 16.3. The highest BCUT2D eigenvalue weighted by Crippen LogP contribution is 2.33. The first-order chi connectivity index (χ1) is 18.5. The van der Waals surface area contributed by atoms with Crippen LogP contribution in [0.15, 0.2) is 48.8 Å². The maximum absolute atomic E-state index is 13.0. The second-order valence-corrected chi connectivity index (χ2v) is 11.8. The Morgan fingerprint density at radius 1 is 0.921 bits per heavy atom. The molecule has 3 aromatic rings. The Hall–Kier alpha value is -2.90. The van der Waals surface area contributed by atoms with Gasteiger partial charge >= 0.3 is 0 Å². The van der Waals surface area contributed by atoms with Crippen molar-refractivity contribution in [1.82, 2.24) is 19.4 Å². The van der Waals surface area contributed by atoms with Gasteiger partial charge in [0, 0.05) is 62.6 Å². The molecule has 3 aliphatic rings. The molecule has 0 unspecified atom stereocenters. The van der Waals surface area contributed by atoms with Crippen LogP contribution in [-0.4, -0.2) is 81.8 Å². The summed E-state index contributed by atoms with van der Waals surface area (Å²) in [5, 5.41) is 14.4. The van der Waals surface area contributed by atoms with E-state index in [4.69, 9.17) is 0 Å². The van der Waals surface area contributed by atoms with Crippen LogP contribution in [0.2, 0.25) is 0 Å². The molecule has 202 valence electrons. The Bertz CT molecular complexity index is 1250. The number of fused-ring (bicyclic) bond motifs is 1. The van der Waals surface area contributed by atoms with Gasteiger partial charge in [0.1, 0.15) is 0 Å². The number of carbonyl (C=O) groups excluding carboxylic acids is 1. The molecule has 0 radical (unpaired) electrons. The maximum Gasteiger partial charge on any atom is 0.225 e. The molecule has 2 aromatic heterocycles. The molecule has 3 fully saturated rings. The van der Waals surface area contributed by atoms with Gasteiger partial charge in [0.15, 0.2) is 0 Å². The van der Waals surface area contributed by atoms with Gasteiger partial charge in [-0.1, -0.05) is 24.3 Å². The first kappa shape index (κ1) is 25.4. The normalized spacial score (nSPS) is 25.0. The summed E-state index contributed by atoms with van der Waals surface area (Å²) in [6.07, 6.45) is 8.15. The largest absolute Gasteiger partial charge is 0.393 e. The number of carbonyl (C=O) groups is 1. The van der Waals surface area contributed by atoms with Crippen LogP contribution in [0, 0.1) is 5.92 Å². The standard InChI is InChI=1S/C31H41N5O2/c1-22(2)35-14-12-26(20-35)23-3-5-24(6-4-23)27-19-30-29(11-13-32-36(30)21-27)33-15-17-34(18-16-33)31(38)25-7-9-28(37)10-8-25/h3-6,11,13,19,21-22,25-26,28,37H,7-10,12,14-18,20H2,1-2H3/t25?,26-,28?/m1/s1. The average molecular weight is 516 g/mol. The van der Waals surface area contributed by atoms with Crippen LogP contribution in [0.25, 0.3) is 16.6 Å². The predicted molar refractivity (Wildman–Crippen MR) is 151 cm³/mol. The number of amides is 1. The Morgan fingerprint density at radius 2 is 1.66 bits per heavy atom. The molecule has 1 atom stereocenters. The fourth-order valence-corrected chi connectivity index (χ4v) is 6.65. The molecule has 1 N–H and O–H groups in total. The molecule has 1 saturated carbocycles. The quantitative estimate of drug-likeness (QED) is 0.546. The second-order valence-electron chi connectivity index (χ2n) is 11.8. The zero-order valence-corrected chi connectivity index (χ0v) is 22.8. The number of anilines is 1. The molecule has 1 aliphatic carbocycles. The van der Waals surface area contributed by atoms with Crippen LogP contribution in [0.3, 0.4) is 0 Å². The molecule has 7 nitrogen and oxygen atoms in total. The number of rotatable bonds is 5. The lowest BCUT2D eigenvalue weighted by Crippen LogP contribution is -2.51. The molecule has 6 rings (SSSR count). The highest BCUT2D eigenvalue weighted by molar-refractivity contribution is 5.81. The van der Waals surface area contributed by atoms with Crippen LogP contribution in [0.1, 0.15) is 57.4 Å². The Balaban J connectivity index is 1.13. The van der Waals surface area contributed by atoms with Crippen LogP contribution in [0.5, 0.6) is 0 Å². The summed E-state index contributed by atoms with van der Waals surface area (Å²) in [6.45, 7) is 10.1. The van der Waals surface area contributed by atoms with Crippen molar-refractivity contribution in [3.05, 3.63) is 54.4 Å². The first-order valence-corrected chi connectivity index (χ1v) is 14.5. The Kier molecular flexibility index (Phi) is 7.14. The van der Waals surface area contributed by atoms with Gasteiger partial charge in [-0.15, -0.1) is 0 Å². The molecule has 1 amide bonds. The summed E-state index contributed by atoms with van der Waals surface area (Å²) >= 11 is 0. The number of hydrogen-bond acceptors (Lipinski definition) is 5. The summed E-state index contributed by atoms with van der Waals surface area (Å²) in [5.41, 5.74) is 6.12. The van der Waals surface area contributed by atoms with Crippen molar-refractivity contribution in [1.29, 1.82) is 0 Å². The molecular formula is C31H41N5O2. The Morgan fingerprint density at radius 3 is 2.34 bits per heavy atom. The number of benzene rings is 1. The fraction of sp³-hybridized carbons (Fsp3) is 0.548. The number of aliphatic hydroxyl groups excluding tert-OH is 1. The molecule has 0 spiro atoms. The molecular weight excluding hydrogens is 474 g/mol. The topological polar surface area (TPSA) is 64.3 Å². The van der Waals surface area contributed by atoms with Gasteiger partial charge in [0.05, 0.1) is 17.3 Å². The highest BCUT2D eigenvalue weighted by Gasteiger charge is 2.31. The zero-order valence-electron chi connectivity index (χ0n) is 22.8. The summed E-state index contributed by atoms with van der Waals surface area (Å²) in [7, 11) is 0. The molecule has 38 heavy (non-hydrogen) atoms. The van der Waals surface area contributed by atoms with E-state index in [1.807, 2.05) is 15.6 Å². The van der Waals surface area contributed by atoms with Crippen molar-refractivity contribution in [3.8, 4) is 11.1 Å². The third kappa shape index (κ3) is 5.06.